The first kappa shape index (κ1) is 13.9. The van der Waals surface area contributed by atoms with E-state index in [0.717, 1.165) is 6.54 Å². The third kappa shape index (κ3) is 6.39. The molecular weight excluding hydrogens is 172 g/mol. The van der Waals surface area contributed by atoms with Crippen LogP contribution < -0.4 is 5.32 Å². The van der Waals surface area contributed by atoms with E-state index in [4.69, 9.17) is 0 Å². The molecule has 0 saturated carbocycles. The second-order valence-corrected chi connectivity index (χ2v) is 5.70. The molecule has 0 aromatic carbocycles. The van der Waals surface area contributed by atoms with Crippen LogP contribution in [0.1, 0.15) is 48.0 Å². The molecule has 0 aliphatic carbocycles. The van der Waals surface area contributed by atoms with Crippen LogP contribution in [0.15, 0.2) is 0 Å². The Balaban J connectivity index is 3.69. The standard InChI is InChI=1S/C12H28N2/c1-10(2)14(7)11(3)13-9-8-12(4,5)6/h10-11,13H,8-9H2,1-7H3. The third-order valence-corrected chi connectivity index (χ3v) is 2.74. The molecule has 0 saturated heterocycles. The minimum absolute atomic E-state index is 0.434. The van der Waals surface area contributed by atoms with Crippen LogP contribution in [-0.4, -0.2) is 30.7 Å². The molecule has 86 valence electrons. The summed E-state index contributed by atoms with van der Waals surface area (Å²) in [5, 5.41) is 3.55. The van der Waals surface area contributed by atoms with E-state index in [2.05, 4.69) is 58.8 Å². The van der Waals surface area contributed by atoms with Gasteiger partial charge in [-0.3, -0.25) is 4.90 Å². The average Bonchev–Trinajstić information content (AvgIpc) is 2.00. The third-order valence-electron chi connectivity index (χ3n) is 2.74. The van der Waals surface area contributed by atoms with Crippen LogP contribution in [0.5, 0.6) is 0 Å². The van der Waals surface area contributed by atoms with Gasteiger partial charge in [0.25, 0.3) is 0 Å². The van der Waals surface area contributed by atoms with Crippen molar-refractivity contribution in [2.24, 2.45) is 5.41 Å². The van der Waals surface area contributed by atoms with E-state index in [-0.39, 0.29) is 0 Å². The summed E-state index contributed by atoms with van der Waals surface area (Å²) in [5.74, 6) is 0. The Morgan fingerprint density at radius 3 is 2.00 bits per heavy atom. The van der Waals surface area contributed by atoms with Crippen molar-refractivity contribution in [3.63, 3.8) is 0 Å². The molecule has 0 spiro atoms. The highest BCUT2D eigenvalue weighted by Gasteiger charge is 2.13. The molecule has 0 radical (unpaired) electrons. The van der Waals surface area contributed by atoms with Crippen molar-refractivity contribution in [2.45, 2.75) is 60.2 Å². The zero-order chi connectivity index (χ0) is 11.4. The highest BCUT2D eigenvalue weighted by Crippen LogP contribution is 2.17. The lowest BCUT2D eigenvalue weighted by molar-refractivity contribution is 0.172. The summed E-state index contributed by atoms with van der Waals surface area (Å²) in [6.07, 6.45) is 1.70. The van der Waals surface area contributed by atoms with Crippen molar-refractivity contribution in [1.29, 1.82) is 0 Å². The van der Waals surface area contributed by atoms with Crippen molar-refractivity contribution >= 4 is 0 Å². The van der Waals surface area contributed by atoms with Gasteiger partial charge in [0.2, 0.25) is 0 Å². The van der Waals surface area contributed by atoms with E-state index < -0.39 is 0 Å². The molecule has 0 amide bonds. The smallest absolute Gasteiger partial charge is 0.0567 e. The molecule has 1 N–H and O–H groups in total. The lowest BCUT2D eigenvalue weighted by atomic mass is 9.92. The highest BCUT2D eigenvalue weighted by molar-refractivity contribution is 4.68. The minimum Gasteiger partial charge on any atom is -0.302 e. The first-order chi connectivity index (χ1) is 6.24. The predicted octanol–water partition coefficient (Wildman–Crippen LogP) is 2.70. The van der Waals surface area contributed by atoms with E-state index in [1.54, 1.807) is 0 Å². The van der Waals surface area contributed by atoms with E-state index in [9.17, 15) is 0 Å². The fourth-order valence-electron chi connectivity index (χ4n) is 1.25. The van der Waals surface area contributed by atoms with Gasteiger partial charge in [-0.1, -0.05) is 20.8 Å². The van der Waals surface area contributed by atoms with Gasteiger partial charge in [0.15, 0.2) is 0 Å². The Bertz CT molecular complexity index is 147. The van der Waals surface area contributed by atoms with Crippen molar-refractivity contribution in [1.82, 2.24) is 10.2 Å². The van der Waals surface area contributed by atoms with Gasteiger partial charge in [-0.25, -0.2) is 0 Å². The Morgan fingerprint density at radius 2 is 1.64 bits per heavy atom. The van der Waals surface area contributed by atoms with Crippen molar-refractivity contribution < 1.29 is 0 Å². The SMILES string of the molecule is CC(C)N(C)C(C)NCCC(C)(C)C. The predicted molar refractivity (Wildman–Crippen MR) is 64.4 cm³/mol. The van der Waals surface area contributed by atoms with Crippen LogP contribution in [0.4, 0.5) is 0 Å². The van der Waals surface area contributed by atoms with Gasteiger partial charge in [-0.2, -0.15) is 0 Å². The maximum absolute atomic E-state index is 3.55. The first-order valence-electron chi connectivity index (χ1n) is 5.69. The van der Waals surface area contributed by atoms with E-state index in [1.807, 2.05) is 0 Å². The molecular formula is C12H28N2. The van der Waals surface area contributed by atoms with Gasteiger partial charge in [0, 0.05) is 6.04 Å². The molecule has 2 nitrogen and oxygen atoms in total. The number of nitrogens with one attached hydrogen (secondary N) is 1. The summed E-state index contributed by atoms with van der Waals surface area (Å²) in [7, 11) is 2.17. The zero-order valence-electron chi connectivity index (χ0n) is 11.0. The average molecular weight is 200 g/mol. The lowest BCUT2D eigenvalue weighted by Gasteiger charge is -2.30. The summed E-state index contributed by atoms with van der Waals surface area (Å²) < 4.78 is 0. The lowest BCUT2D eigenvalue weighted by Crippen LogP contribution is -2.45. The quantitative estimate of drug-likeness (QED) is 0.686. The zero-order valence-corrected chi connectivity index (χ0v) is 11.0. The Hall–Kier alpha value is -0.0800. The van der Waals surface area contributed by atoms with Gasteiger partial charge >= 0.3 is 0 Å². The molecule has 0 aromatic rings. The Labute approximate surface area is 90.1 Å². The van der Waals surface area contributed by atoms with Gasteiger partial charge in [0.05, 0.1) is 6.17 Å². The van der Waals surface area contributed by atoms with Gasteiger partial charge in [-0.15, -0.1) is 0 Å². The largest absolute Gasteiger partial charge is 0.302 e. The topological polar surface area (TPSA) is 15.3 Å². The summed E-state index contributed by atoms with van der Waals surface area (Å²) >= 11 is 0. The normalized spacial score (nSPS) is 15.2. The van der Waals surface area contributed by atoms with Crippen molar-refractivity contribution in [2.75, 3.05) is 13.6 Å². The number of rotatable bonds is 5. The van der Waals surface area contributed by atoms with E-state index >= 15 is 0 Å². The molecule has 0 aromatic heterocycles. The van der Waals surface area contributed by atoms with Crippen LogP contribution in [-0.2, 0) is 0 Å². The molecule has 1 unspecified atom stereocenters. The molecule has 2 heteroatoms. The fourth-order valence-corrected chi connectivity index (χ4v) is 1.25. The van der Waals surface area contributed by atoms with Gasteiger partial charge in [-0.05, 0) is 46.2 Å². The Kier molecular flexibility index (Phi) is 5.68. The van der Waals surface area contributed by atoms with Gasteiger partial charge in [0.1, 0.15) is 0 Å². The first-order valence-corrected chi connectivity index (χ1v) is 5.69. The van der Waals surface area contributed by atoms with Crippen LogP contribution in [0.2, 0.25) is 0 Å². The summed E-state index contributed by atoms with van der Waals surface area (Å²) in [4.78, 5) is 2.35. The van der Waals surface area contributed by atoms with Crippen LogP contribution in [0.3, 0.4) is 0 Å². The van der Waals surface area contributed by atoms with Crippen LogP contribution in [0, 0.1) is 5.41 Å². The number of nitrogens with zero attached hydrogens (tertiary/aromatic N) is 1. The Morgan fingerprint density at radius 1 is 1.14 bits per heavy atom. The molecule has 1 atom stereocenters. The molecule has 0 heterocycles. The van der Waals surface area contributed by atoms with Gasteiger partial charge < -0.3 is 5.32 Å². The van der Waals surface area contributed by atoms with E-state index in [0.29, 0.717) is 17.6 Å². The van der Waals surface area contributed by atoms with Crippen molar-refractivity contribution in [3.05, 3.63) is 0 Å². The maximum Gasteiger partial charge on any atom is 0.0567 e. The number of hydrogen-bond donors (Lipinski definition) is 1. The minimum atomic E-state index is 0.434. The summed E-state index contributed by atoms with van der Waals surface area (Å²) in [6, 6.07) is 0.604. The summed E-state index contributed by atoms with van der Waals surface area (Å²) in [5.41, 5.74) is 0.434. The molecule has 0 rings (SSSR count). The number of hydrogen-bond acceptors (Lipinski definition) is 2. The highest BCUT2D eigenvalue weighted by atomic mass is 15.3. The summed E-state index contributed by atoms with van der Waals surface area (Å²) in [6.45, 7) is 14.6. The molecule has 0 aliphatic rings. The molecule has 0 bridgehead atoms. The van der Waals surface area contributed by atoms with Crippen LogP contribution in [0.25, 0.3) is 0 Å². The van der Waals surface area contributed by atoms with E-state index in [1.165, 1.54) is 6.42 Å². The second-order valence-electron chi connectivity index (χ2n) is 5.70. The molecule has 14 heavy (non-hydrogen) atoms. The molecule has 0 fully saturated rings. The molecule has 0 aliphatic heterocycles. The second kappa shape index (κ2) is 5.72. The maximum atomic E-state index is 3.55. The fraction of sp³-hybridized carbons (Fsp3) is 1.00. The monoisotopic (exact) mass is 200 g/mol. The van der Waals surface area contributed by atoms with Crippen LogP contribution >= 0.6 is 0 Å². The van der Waals surface area contributed by atoms with Crippen molar-refractivity contribution in [3.8, 4) is 0 Å².